The van der Waals surface area contributed by atoms with E-state index >= 15 is 0 Å². The molecule has 0 unspecified atom stereocenters. The highest BCUT2D eigenvalue weighted by molar-refractivity contribution is 5.95. The van der Waals surface area contributed by atoms with Gasteiger partial charge in [-0.2, -0.15) is 0 Å². The number of nitrogens with one attached hydrogen (secondary N) is 1. The number of rotatable bonds is 7. The monoisotopic (exact) mass is 263 g/mol. The van der Waals surface area contributed by atoms with Crippen LogP contribution in [0.2, 0.25) is 0 Å². The Kier molecular flexibility index (Phi) is 6.33. The molecule has 0 radical (unpaired) electrons. The van der Waals surface area contributed by atoms with E-state index in [-0.39, 0.29) is 5.91 Å². The number of hydrogen-bond acceptors (Lipinski definition) is 3. The molecular weight excluding hydrogens is 238 g/mol. The summed E-state index contributed by atoms with van der Waals surface area (Å²) >= 11 is 0. The van der Waals surface area contributed by atoms with Crippen molar-refractivity contribution in [2.24, 2.45) is 0 Å². The number of amides is 1. The third-order valence-electron chi connectivity index (χ3n) is 3.19. The van der Waals surface area contributed by atoms with E-state index in [0.717, 1.165) is 49.4 Å². The quantitative estimate of drug-likeness (QED) is 0.822. The molecule has 0 atom stereocenters. The third kappa shape index (κ3) is 4.23. The van der Waals surface area contributed by atoms with E-state index in [0.29, 0.717) is 0 Å². The van der Waals surface area contributed by atoms with E-state index in [1.807, 2.05) is 37.9 Å². The normalized spacial score (nSPS) is 10.3. The number of nitrogens with zero attached hydrogens (tertiary/aromatic N) is 2. The van der Waals surface area contributed by atoms with Crippen LogP contribution < -0.4 is 5.32 Å². The lowest BCUT2D eigenvalue weighted by molar-refractivity contribution is 0.0762. The summed E-state index contributed by atoms with van der Waals surface area (Å²) in [6.45, 7) is 7.78. The second kappa shape index (κ2) is 7.77. The Morgan fingerprint density at radius 3 is 2.58 bits per heavy atom. The fourth-order valence-electron chi connectivity index (χ4n) is 1.96. The van der Waals surface area contributed by atoms with Gasteiger partial charge >= 0.3 is 0 Å². The fourth-order valence-corrected chi connectivity index (χ4v) is 1.96. The maximum atomic E-state index is 12.5. The van der Waals surface area contributed by atoms with Gasteiger partial charge in [-0.25, -0.2) is 4.98 Å². The Labute approximate surface area is 116 Å². The lowest BCUT2D eigenvalue weighted by atomic mass is 10.1. The van der Waals surface area contributed by atoms with E-state index < -0.39 is 0 Å². The second-order valence-corrected chi connectivity index (χ2v) is 4.57. The van der Waals surface area contributed by atoms with Gasteiger partial charge in [-0.3, -0.25) is 4.79 Å². The largest absolute Gasteiger partial charge is 0.373 e. The van der Waals surface area contributed by atoms with E-state index in [9.17, 15) is 4.79 Å². The van der Waals surface area contributed by atoms with E-state index in [1.165, 1.54) is 0 Å². The van der Waals surface area contributed by atoms with Crippen LogP contribution in [0.15, 0.2) is 12.1 Å². The van der Waals surface area contributed by atoms with Crippen molar-refractivity contribution in [1.29, 1.82) is 0 Å². The molecule has 1 heterocycles. The number of hydrogen-bond donors (Lipinski definition) is 1. The van der Waals surface area contributed by atoms with Crippen LogP contribution in [0.25, 0.3) is 0 Å². The van der Waals surface area contributed by atoms with Crippen molar-refractivity contribution in [3.05, 3.63) is 23.4 Å². The predicted octanol–water partition coefficient (Wildman–Crippen LogP) is 2.95. The van der Waals surface area contributed by atoms with Gasteiger partial charge in [-0.1, -0.05) is 20.3 Å². The minimum absolute atomic E-state index is 0.101. The van der Waals surface area contributed by atoms with Gasteiger partial charge in [0.1, 0.15) is 5.82 Å². The molecule has 106 valence electrons. The van der Waals surface area contributed by atoms with Crippen LogP contribution >= 0.6 is 0 Å². The van der Waals surface area contributed by atoms with Crippen LogP contribution in [0, 0.1) is 0 Å². The summed E-state index contributed by atoms with van der Waals surface area (Å²) in [7, 11) is 1.82. The Morgan fingerprint density at radius 1 is 1.32 bits per heavy atom. The Bertz CT molecular complexity index is 396. The molecule has 0 aromatic carbocycles. The van der Waals surface area contributed by atoms with Gasteiger partial charge in [0.15, 0.2) is 0 Å². The van der Waals surface area contributed by atoms with Crippen molar-refractivity contribution in [3.63, 3.8) is 0 Å². The first kappa shape index (κ1) is 15.5. The molecule has 4 nitrogen and oxygen atoms in total. The topological polar surface area (TPSA) is 45.2 Å². The summed E-state index contributed by atoms with van der Waals surface area (Å²) in [5, 5.41) is 3.02. The zero-order chi connectivity index (χ0) is 14.3. The number of aryl methyl sites for hydroxylation is 1. The Morgan fingerprint density at radius 2 is 2.05 bits per heavy atom. The van der Waals surface area contributed by atoms with Gasteiger partial charge in [-0.05, 0) is 31.9 Å². The van der Waals surface area contributed by atoms with E-state index in [4.69, 9.17) is 0 Å². The molecule has 0 fully saturated rings. The fraction of sp³-hybridized carbons (Fsp3) is 0.600. The zero-order valence-electron chi connectivity index (χ0n) is 12.5. The van der Waals surface area contributed by atoms with Crippen molar-refractivity contribution in [2.45, 2.75) is 40.0 Å². The summed E-state index contributed by atoms with van der Waals surface area (Å²) in [6, 6.07) is 3.73. The van der Waals surface area contributed by atoms with Gasteiger partial charge in [0.05, 0.1) is 0 Å². The molecule has 19 heavy (non-hydrogen) atoms. The summed E-state index contributed by atoms with van der Waals surface area (Å²) in [5.41, 5.74) is 1.68. The molecular formula is C15H25N3O. The van der Waals surface area contributed by atoms with Crippen molar-refractivity contribution in [2.75, 3.05) is 25.5 Å². The smallest absolute Gasteiger partial charge is 0.254 e. The molecule has 1 N–H and O–H groups in total. The zero-order valence-corrected chi connectivity index (χ0v) is 12.5. The maximum Gasteiger partial charge on any atom is 0.254 e. The van der Waals surface area contributed by atoms with Crippen molar-refractivity contribution < 1.29 is 4.79 Å². The highest BCUT2D eigenvalue weighted by Gasteiger charge is 2.15. The van der Waals surface area contributed by atoms with Crippen LogP contribution in [0.1, 0.15) is 49.7 Å². The number of carbonyl (C=O) groups excluding carboxylic acids is 1. The van der Waals surface area contributed by atoms with Gasteiger partial charge < -0.3 is 10.2 Å². The highest BCUT2D eigenvalue weighted by Crippen LogP contribution is 2.13. The summed E-state index contributed by atoms with van der Waals surface area (Å²) in [6.07, 6.45) is 2.98. The number of aromatic nitrogens is 1. The van der Waals surface area contributed by atoms with Crippen molar-refractivity contribution >= 4 is 11.7 Å². The molecule has 1 rings (SSSR count). The molecule has 1 aromatic heterocycles. The summed E-state index contributed by atoms with van der Waals surface area (Å²) in [5.74, 6) is 0.860. The lowest BCUT2D eigenvalue weighted by Crippen LogP contribution is -2.32. The van der Waals surface area contributed by atoms with Crippen molar-refractivity contribution in [3.8, 4) is 0 Å². The average Bonchev–Trinajstić information content (AvgIpc) is 2.47. The van der Waals surface area contributed by atoms with Gasteiger partial charge in [0.2, 0.25) is 0 Å². The minimum Gasteiger partial charge on any atom is -0.373 e. The highest BCUT2D eigenvalue weighted by atomic mass is 16.2. The van der Waals surface area contributed by atoms with Crippen molar-refractivity contribution in [1.82, 2.24) is 9.88 Å². The standard InChI is InChI=1S/C15H25N3O/c1-5-8-9-18(7-3)15(19)12-10-13(6-2)17-14(11-12)16-4/h10-11H,5-9H2,1-4H3,(H,16,17). The first-order valence-corrected chi connectivity index (χ1v) is 7.14. The second-order valence-electron chi connectivity index (χ2n) is 4.57. The summed E-state index contributed by atoms with van der Waals surface area (Å²) < 4.78 is 0. The van der Waals surface area contributed by atoms with Gasteiger partial charge in [-0.15, -0.1) is 0 Å². The van der Waals surface area contributed by atoms with E-state index in [2.05, 4.69) is 17.2 Å². The molecule has 0 bridgehead atoms. The first-order valence-electron chi connectivity index (χ1n) is 7.14. The molecule has 0 aliphatic heterocycles. The van der Waals surface area contributed by atoms with E-state index in [1.54, 1.807) is 0 Å². The third-order valence-corrected chi connectivity index (χ3v) is 3.19. The minimum atomic E-state index is 0.101. The van der Waals surface area contributed by atoms with Gasteiger partial charge in [0, 0.05) is 31.4 Å². The number of pyridine rings is 1. The lowest BCUT2D eigenvalue weighted by Gasteiger charge is -2.21. The van der Waals surface area contributed by atoms with Gasteiger partial charge in [0.25, 0.3) is 5.91 Å². The van der Waals surface area contributed by atoms with Crippen LogP contribution in [-0.4, -0.2) is 35.9 Å². The molecule has 0 saturated carbocycles. The van der Waals surface area contributed by atoms with Crippen LogP contribution in [-0.2, 0) is 6.42 Å². The summed E-state index contributed by atoms with van der Waals surface area (Å²) in [4.78, 5) is 18.8. The molecule has 0 spiro atoms. The Hall–Kier alpha value is -1.58. The van der Waals surface area contributed by atoms with Crippen LogP contribution in [0.3, 0.4) is 0 Å². The molecule has 1 aromatic rings. The predicted molar refractivity (Wildman–Crippen MR) is 79.6 cm³/mol. The number of carbonyl (C=O) groups is 1. The molecule has 0 aliphatic carbocycles. The Balaban J connectivity index is 2.96. The molecule has 0 aliphatic rings. The molecule has 1 amide bonds. The first-order chi connectivity index (χ1) is 9.15. The number of unbranched alkanes of at least 4 members (excludes halogenated alkanes) is 1. The average molecular weight is 263 g/mol. The van der Waals surface area contributed by atoms with Crippen LogP contribution in [0.4, 0.5) is 5.82 Å². The maximum absolute atomic E-state index is 12.5. The SMILES string of the molecule is CCCCN(CC)C(=O)c1cc(CC)nc(NC)c1. The van der Waals surface area contributed by atoms with Crippen LogP contribution in [0.5, 0.6) is 0 Å². The molecule has 4 heteroatoms. The molecule has 0 saturated heterocycles. The number of anilines is 1.